The number of hydrogen-bond donors (Lipinski definition) is 2. The van der Waals surface area contributed by atoms with Crippen molar-refractivity contribution >= 4 is 23.3 Å². The van der Waals surface area contributed by atoms with E-state index in [1.807, 2.05) is 23.4 Å². The van der Waals surface area contributed by atoms with Gasteiger partial charge in [0.15, 0.2) is 0 Å². The lowest BCUT2D eigenvalue weighted by Gasteiger charge is -2.12. The molecule has 5 heteroatoms. The van der Waals surface area contributed by atoms with Crippen molar-refractivity contribution < 1.29 is 0 Å². The molecule has 3 N–H and O–H groups in total. The zero-order chi connectivity index (χ0) is 11.4. The number of thioether (sulfide) groups is 1. The highest BCUT2D eigenvalue weighted by atomic mass is 32.2. The highest BCUT2D eigenvalue weighted by Crippen LogP contribution is 2.25. The molecular weight excluding hydrogens is 208 g/mol. The van der Waals surface area contributed by atoms with Gasteiger partial charge in [-0.05, 0) is 27.0 Å². The Bertz CT molecular complexity index is 319. The van der Waals surface area contributed by atoms with Gasteiger partial charge in [-0.15, -0.1) is 0 Å². The predicted octanol–water partition coefficient (Wildman–Crippen LogP) is 2.13. The Hall–Kier alpha value is -0.840. The smallest absolute Gasteiger partial charge is 0.148 e. The first kappa shape index (κ1) is 12.2. The number of nitrogen functional groups attached to an aromatic ring is 1. The summed E-state index contributed by atoms with van der Waals surface area (Å²) in [4.78, 5) is 0. The average molecular weight is 228 g/mol. The summed E-state index contributed by atoms with van der Waals surface area (Å²) in [6.07, 6.45) is 2.09. The molecule has 0 saturated carbocycles. The summed E-state index contributed by atoms with van der Waals surface area (Å²) >= 11 is 1.81. The predicted molar refractivity (Wildman–Crippen MR) is 68.6 cm³/mol. The van der Waals surface area contributed by atoms with Crippen molar-refractivity contribution in [2.45, 2.75) is 26.8 Å². The van der Waals surface area contributed by atoms with Gasteiger partial charge in [0.1, 0.15) is 5.82 Å². The van der Waals surface area contributed by atoms with Gasteiger partial charge in [0.2, 0.25) is 0 Å². The number of nitrogens with one attached hydrogen (secondary N) is 1. The lowest BCUT2D eigenvalue weighted by Crippen LogP contribution is -2.13. The third kappa shape index (κ3) is 2.81. The molecule has 1 aromatic rings. The maximum Gasteiger partial charge on any atom is 0.148 e. The molecule has 0 atom stereocenters. The van der Waals surface area contributed by atoms with Crippen LogP contribution in [0.25, 0.3) is 0 Å². The maximum absolute atomic E-state index is 5.97. The monoisotopic (exact) mass is 228 g/mol. The van der Waals surface area contributed by atoms with Crippen LogP contribution in [0.3, 0.4) is 0 Å². The van der Waals surface area contributed by atoms with Gasteiger partial charge in [-0.25, -0.2) is 4.68 Å². The van der Waals surface area contributed by atoms with E-state index >= 15 is 0 Å². The van der Waals surface area contributed by atoms with Crippen molar-refractivity contribution in [2.24, 2.45) is 0 Å². The molecule has 86 valence electrons. The van der Waals surface area contributed by atoms with Gasteiger partial charge in [0, 0.05) is 18.3 Å². The van der Waals surface area contributed by atoms with E-state index in [1.54, 1.807) is 0 Å². The van der Waals surface area contributed by atoms with Crippen molar-refractivity contribution in [2.75, 3.05) is 29.6 Å². The summed E-state index contributed by atoms with van der Waals surface area (Å²) in [5, 5.41) is 7.75. The van der Waals surface area contributed by atoms with E-state index in [-0.39, 0.29) is 0 Å². The third-order valence-corrected chi connectivity index (χ3v) is 2.83. The number of rotatable bonds is 5. The largest absolute Gasteiger partial charge is 0.394 e. The van der Waals surface area contributed by atoms with Crippen molar-refractivity contribution in [1.29, 1.82) is 0 Å². The van der Waals surface area contributed by atoms with Crippen LogP contribution in [0.5, 0.6) is 0 Å². The Balaban J connectivity index is 2.83. The average Bonchev–Trinajstić information content (AvgIpc) is 2.46. The highest BCUT2D eigenvalue weighted by molar-refractivity contribution is 7.98. The third-order valence-electron chi connectivity index (χ3n) is 2.22. The first-order valence-corrected chi connectivity index (χ1v) is 6.54. The van der Waals surface area contributed by atoms with Crippen molar-refractivity contribution in [3.05, 3.63) is 5.69 Å². The van der Waals surface area contributed by atoms with E-state index in [0.717, 1.165) is 29.5 Å². The first-order valence-electron chi connectivity index (χ1n) is 5.15. The van der Waals surface area contributed by atoms with Crippen LogP contribution >= 0.6 is 11.8 Å². The number of nitrogens with two attached hydrogens (primary N) is 1. The highest BCUT2D eigenvalue weighted by Gasteiger charge is 2.13. The minimum atomic E-state index is 0.331. The molecule has 0 unspecified atom stereocenters. The van der Waals surface area contributed by atoms with Crippen LogP contribution in [0.15, 0.2) is 0 Å². The molecule has 15 heavy (non-hydrogen) atoms. The molecule has 0 spiro atoms. The summed E-state index contributed by atoms with van der Waals surface area (Å²) < 4.78 is 1.95. The number of nitrogens with zero attached hydrogens (tertiary/aromatic N) is 2. The van der Waals surface area contributed by atoms with Crippen molar-refractivity contribution in [1.82, 2.24) is 9.78 Å². The van der Waals surface area contributed by atoms with E-state index in [2.05, 4.69) is 30.5 Å². The molecule has 0 radical (unpaired) electrons. The molecule has 0 bridgehead atoms. The summed E-state index contributed by atoms with van der Waals surface area (Å²) in [5.41, 5.74) is 7.64. The van der Waals surface area contributed by atoms with E-state index in [9.17, 15) is 0 Å². The number of aromatic nitrogens is 2. The Kier molecular flexibility index (Phi) is 4.32. The molecule has 1 heterocycles. The molecule has 0 aliphatic rings. The molecule has 0 amide bonds. The molecule has 0 saturated heterocycles. The van der Waals surface area contributed by atoms with Gasteiger partial charge >= 0.3 is 0 Å². The molecular formula is C10H20N4S. The molecule has 0 fully saturated rings. The number of hydrogen-bond acceptors (Lipinski definition) is 4. The Labute approximate surface area is 95.6 Å². The van der Waals surface area contributed by atoms with Crippen LogP contribution in [0.1, 0.15) is 25.6 Å². The fourth-order valence-corrected chi connectivity index (χ4v) is 1.69. The Morgan fingerprint density at radius 1 is 1.53 bits per heavy atom. The fraction of sp³-hybridized carbons (Fsp3) is 0.700. The van der Waals surface area contributed by atoms with Crippen LogP contribution in [-0.2, 0) is 0 Å². The van der Waals surface area contributed by atoms with E-state index in [0.29, 0.717) is 6.04 Å². The van der Waals surface area contributed by atoms with Gasteiger partial charge in [0.05, 0.1) is 11.4 Å². The van der Waals surface area contributed by atoms with E-state index in [1.165, 1.54) is 0 Å². The number of aryl methyl sites for hydroxylation is 1. The second-order valence-corrected chi connectivity index (χ2v) is 4.79. The second-order valence-electron chi connectivity index (χ2n) is 3.81. The quantitative estimate of drug-likeness (QED) is 0.758. The van der Waals surface area contributed by atoms with E-state index < -0.39 is 0 Å². The van der Waals surface area contributed by atoms with Crippen LogP contribution in [0, 0.1) is 6.92 Å². The topological polar surface area (TPSA) is 55.9 Å². The lowest BCUT2D eigenvalue weighted by molar-refractivity contribution is 0.535. The minimum absolute atomic E-state index is 0.331. The van der Waals surface area contributed by atoms with Crippen LogP contribution in [0.2, 0.25) is 0 Å². The molecule has 1 rings (SSSR count). The van der Waals surface area contributed by atoms with Gasteiger partial charge in [-0.3, -0.25) is 0 Å². The summed E-state index contributed by atoms with van der Waals surface area (Å²) in [6.45, 7) is 7.06. The normalized spacial score (nSPS) is 11.0. The summed E-state index contributed by atoms with van der Waals surface area (Å²) in [6, 6.07) is 0.331. The Morgan fingerprint density at radius 2 is 2.20 bits per heavy atom. The SMILES string of the molecule is CSCCNc1c(N)c(C)nn1C(C)C. The van der Waals surface area contributed by atoms with Gasteiger partial charge < -0.3 is 11.1 Å². The van der Waals surface area contributed by atoms with Crippen molar-refractivity contribution in [3.8, 4) is 0 Å². The van der Waals surface area contributed by atoms with Crippen molar-refractivity contribution in [3.63, 3.8) is 0 Å². The van der Waals surface area contributed by atoms with Gasteiger partial charge in [0.25, 0.3) is 0 Å². The second kappa shape index (κ2) is 5.30. The van der Waals surface area contributed by atoms with Crippen LogP contribution in [0.4, 0.5) is 11.5 Å². The number of anilines is 2. The zero-order valence-corrected chi connectivity index (χ0v) is 10.7. The molecule has 4 nitrogen and oxygen atoms in total. The van der Waals surface area contributed by atoms with E-state index in [4.69, 9.17) is 5.73 Å². The Morgan fingerprint density at radius 3 is 2.73 bits per heavy atom. The molecule has 0 aromatic carbocycles. The van der Waals surface area contributed by atoms with Gasteiger partial charge in [-0.1, -0.05) is 0 Å². The molecule has 0 aliphatic heterocycles. The summed E-state index contributed by atoms with van der Waals surface area (Å²) in [7, 11) is 0. The molecule has 0 aliphatic carbocycles. The molecule has 1 aromatic heterocycles. The minimum Gasteiger partial charge on any atom is -0.394 e. The first-order chi connectivity index (χ1) is 7.07. The lowest BCUT2D eigenvalue weighted by atomic mass is 10.3. The van der Waals surface area contributed by atoms with Crippen LogP contribution < -0.4 is 11.1 Å². The van der Waals surface area contributed by atoms with Gasteiger partial charge in [-0.2, -0.15) is 16.9 Å². The fourth-order valence-electron chi connectivity index (χ4n) is 1.38. The summed E-state index contributed by atoms with van der Waals surface area (Å²) in [5.74, 6) is 2.03. The van der Waals surface area contributed by atoms with Crippen LogP contribution in [-0.4, -0.2) is 28.3 Å². The maximum atomic E-state index is 5.97. The zero-order valence-electron chi connectivity index (χ0n) is 9.87. The standard InChI is InChI=1S/C10H20N4S/c1-7(2)14-10(12-5-6-15-4)9(11)8(3)13-14/h7,12H,5-6,11H2,1-4H3.